The number of nitrogens with one attached hydrogen (secondary N) is 1. The minimum absolute atomic E-state index is 0.134. The van der Waals surface area contributed by atoms with Crippen LogP contribution in [0.15, 0.2) is 24.3 Å². The predicted octanol–water partition coefficient (Wildman–Crippen LogP) is 0.203. The van der Waals surface area contributed by atoms with E-state index in [4.69, 9.17) is 0 Å². The smallest absolute Gasteiger partial charge is 0.246 e. The van der Waals surface area contributed by atoms with Gasteiger partial charge in [-0.1, -0.05) is 18.2 Å². The second-order valence-electron chi connectivity index (χ2n) is 4.06. The zero-order chi connectivity index (χ0) is 12.4. The largest absolute Gasteiger partial charge is 0.389 e. The summed E-state index contributed by atoms with van der Waals surface area (Å²) in [6.45, 7) is 1.93. The van der Waals surface area contributed by atoms with E-state index in [1.165, 1.54) is 0 Å². The Hall–Kier alpha value is -1.88. The van der Waals surface area contributed by atoms with Crippen molar-refractivity contribution in [1.82, 2.24) is 5.32 Å². The van der Waals surface area contributed by atoms with Gasteiger partial charge in [-0.05, 0) is 13.0 Å². The van der Waals surface area contributed by atoms with Gasteiger partial charge < -0.3 is 10.0 Å². The number of hydrogen-bond donors (Lipinski definition) is 2. The second kappa shape index (κ2) is 4.55. The minimum atomic E-state index is -0.633. The molecule has 1 heterocycles. The molecule has 1 atom stereocenters. The molecule has 2 rings (SSSR count). The summed E-state index contributed by atoms with van der Waals surface area (Å²) in [6.07, 6.45) is -0.633. The third-order valence-corrected chi connectivity index (χ3v) is 2.68. The maximum Gasteiger partial charge on any atom is 0.246 e. The lowest BCUT2D eigenvalue weighted by Crippen LogP contribution is -2.51. The number of aliphatic hydroxyl groups excluding tert-OH is 1. The van der Waals surface area contributed by atoms with Gasteiger partial charge in [0, 0.05) is 11.3 Å². The van der Waals surface area contributed by atoms with Gasteiger partial charge in [-0.25, -0.2) is 0 Å². The van der Waals surface area contributed by atoms with Crippen LogP contribution in [-0.2, 0) is 9.59 Å². The van der Waals surface area contributed by atoms with Gasteiger partial charge in [-0.15, -0.1) is 0 Å². The van der Waals surface area contributed by atoms with Crippen molar-refractivity contribution >= 4 is 17.5 Å². The summed E-state index contributed by atoms with van der Waals surface area (Å²) >= 11 is 0. The number of piperazine rings is 1. The highest BCUT2D eigenvalue weighted by molar-refractivity contribution is 6.02. The van der Waals surface area contributed by atoms with Gasteiger partial charge in [0.15, 0.2) is 0 Å². The van der Waals surface area contributed by atoms with Crippen LogP contribution in [0.2, 0.25) is 0 Å². The van der Waals surface area contributed by atoms with Gasteiger partial charge in [0.05, 0.1) is 19.2 Å². The molecule has 0 unspecified atom stereocenters. The number of amides is 2. The molecular formula is C12H14N2O3. The molecule has 1 aliphatic rings. The van der Waals surface area contributed by atoms with Crippen LogP contribution in [0.4, 0.5) is 5.69 Å². The van der Waals surface area contributed by atoms with E-state index in [1.54, 1.807) is 24.0 Å². The number of aliphatic hydroxyl groups is 1. The maximum atomic E-state index is 11.3. The molecule has 1 saturated heterocycles. The molecule has 0 aliphatic carbocycles. The summed E-state index contributed by atoms with van der Waals surface area (Å²) in [6, 6.07) is 7.22. The van der Waals surface area contributed by atoms with E-state index >= 15 is 0 Å². The highest BCUT2D eigenvalue weighted by Crippen LogP contribution is 2.26. The molecule has 5 nitrogen and oxygen atoms in total. The van der Waals surface area contributed by atoms with Crippen LogP contribution in [0.5, 0.6) is 0 Å². The Bertz CT molecular complexity index is 441. The van der Waals surface area contributed by atoms with Gasteiger partial charge in [0.25, 0.3) is 0 Å². The summed E-state index contributed by atoms with van der Waals surface area (Å²) < 4.78 is 0. The summed E-state index contributed by atoms with van der Waals surface area (Å²) in [4.78, 5) is 24.3. The summed E-state index contributed by atoms with van der Waals surface area (Å²) in [5.41, 5.74) is 1.45. The van der Waals surface area contributed by atoms with Crippen LogP contribution < -0.4 is 10.2 Å². The number of anilines is 1. The number of imide groups is 1. The van der Waals surface area contributed by atoms with Crippen molar-refractivity contribution in [1.29, 1.82) is 0 Å². The first-order chi connectivity index (χ1) is 8.08. The van der Waals surface area contributed by atoms with Crippen LogP contribution in [0, 0.1) is 0 Å². The van der Waals surface area contributed by atoms with Crippen LogP contribution in [0.25, 0.3) is 0 Å². The number of nitrogens with zero attached hydrogens (tertiary/aromatic N) is 1. The van der Waals surface area contributed by atoms with Crippen molar-refractivity contribution in [2.75, 3.05) is 18.0 Å². The topological polar surface area (TPSA) is 69.6 Å². The van der Waals surface area contributed by atoms with Gasteiger partial charge in [-0.3, -0.25) is 14.9 Å². The van der Waals surface area contributed by atoms with Crippen LogP contribution in [0.1, 0.15) is 18.6 Å². The number of benzene rings is 1. The number of para-hydroxylation sites is 1. The fourth-order valence-electron chi connectivity index (χ4n) is 1.94. The van der Waals surface area contributed by atoms with E-state index in [0.29, 0.717) is 0 Å². The van der Waals surface area contributed by atoms with Crippen LogP contribution in [-0.4, -0.2) is 30.0 Å². The lowest BCUT2D eigenvalue weighted by molar-refractivity contribution is -0.130. The average Bonchev–Trinajstić information content (AvgIpc) is 2.27. The molecule has 17 heavy (non-hydrogen) atoms. The monoisotopic (exact) mass is 234 g/mol. The van der Waals surface area contributed by atoms with Gasteiger partial charge in [0.2, 0.25) is 11.8 Å². The Balaban J connectivity index is 2.33. The molecule has 0 saturated carbocycles. The quantitative estimate of drug-likeness (QED) is 0.717. The molecule has 5 heteroatoms. The molecule has 1 aromatic rings. The Morgan fingerprint density at radius 1 is 1.24 bits per heavy atom. The molecule has 1 fully saturated rings. The highest BCUT2D eigenvalue weighted by atomic mass is 16.3. The highest BCUT2D eigenvalue weighted by Gasteiger charge is 2.24. The Kier molecular flexibility index (Phi) is 3.10. The maximum absolute atomic E-state index is 11.3. The third-order valence-electron chi connectivity index (χ3n) is 2.68. The molecule has 90 valence electrons. The first kappa shape index (κ1) is 11.6. The van der Waals surface area contributed by atoms with Crippen molar-refractivity contribution in [3.8, 4) is 0 Å². The van der Waals surface area contributed by atoms with E-state index in [-0.39, 0.29) is 24.9 Å². The van der Waals surface area contributed by atoms with Gasteiger partial charge in [0.1, 0.15) is 0 Å². The van der Waals surface area contributed by atoms with Crippen LogP contribution in [0.3, 0.4) is 0 Å². The molecule has 0 bridgehead atoms. The third kappa shape index (κ3) is 2.45. The Labute approximate surface area is 99.0 Å². The van der Waals surface area contributed by atoms with E-state index in [9.17, 15) is 14.7 Å². The Morgan fingerprint density at radius 3 is 2.41 bits per heavy atom. The van der Waals surface area contributed by atoms with Crippen molar-refractivity contribution in [2.24, 2.45) is 0 Å². The number of carbonyl (C=O) groups excluding carboxylic acids is 2. The molecule has 1 aliphatic heterocycles. The number of rotatable bonds is 2. The first-order valence-corrected chi connectivity index (χ1v) is 5.42. The molecule has 0 radical (unpaired) electrons. The number of hydrogen-bond acceptors (Lipinski definition) is 4. The summed E-state index contributed by atoms with van der Waals surface area (Å²) in [7, 11) is 0. The van der Waals surface area contributed by atoms with Crippen molar-refractivity contribution in [3.05, 3.63) is 29.8 Å². The molecule has 2 N–H and O–H groups in total. The molecule has 2 amide bonds. The molecule has 0 aromatic heterocycles. The number of carbonyl (C=O) groups is 2. The summed E-state index contributed by atoms with van der Waals surface area (Å²) in [5, 5.41) is 11.9. The minimum Gasteiger partial charge on any atom is -0.389 e. The lowest BCUT2D eigenvalue weighted by Gasteiger charge is -2.29. The fraction of sp³-hybridized carbons (Fsp3) is 0.333. The van der Waals surface area contributed by atoms with Crippen molar-refractivity contribution in [3.63, 3.8) is 0 Å². The Morgan fingerprint density at radius 2 is 1.82 bits per heavy atom. The van der Waals surface area contributed by atoms with E-state index in [2.05, 4.69) is 5.32 Å². The average molecular weight is 234 g/mol. The first-order valence-electron chi connectivity index (χ1n) is 5.42. The normalized spacial score (nSPS) is 17.9. The SMILES string of the molecule is C[C@@H](O)c1ccccc1N1CC(=O)NC(=O)C1. The summed E-state index contributed by atoms with van der Waals surface area (Å²) in [5.74, 6) is -0.636. The zero-order valence-electron chi connectivity index (χ0n) is 9.51. The van der Waals surface area contributed by atoms with Crippen LogP contribution >= 0.6 is 0 Å². The molecule has 1 aromatic carbocycles. The standard InChI is InChI=1S/C12H14N2O3/c1-8(15)9-4-2-3-5-10(9)14-6-11(16)13-12(17)7-14/h2-5,8,15H,6-7H2,1H3,(H,13,16,17)/t8-/m1/s1. The lowest BCUT2D eigenvalue weighted by atomic mass is 10.1. The van der Waals surface area contributed by atoms with E-state index < -0.39 is 6.10 Å². The predicted molar refractivity (Wildman–Crippen MR) is 62.4 cm³/mol. The van der Waals surface area contributed by atoms with Crippen molar-refractivity contribution in [2.45, 2.75) is 13.0 Å². The molecule has 0 spiro atoms. The van der Waals surface area contributed by atoms with E-state index in [1.807, 2.05) is 12.1 Å². The second-order valence-corrected chi connectivity index (χ2v) is 4.06. The molecular weight excluding hydrogens is 220 g/mol. The fourth-order valence-corrected chi connectivity index (χ4v) is 1.94. The zero-order valence-corrected chi connectivity index (χ0v) is 9.51. The van der Waals surface area contributed by atoms with Gasteiger partial charge in [-0.2, -0.15) is 0 Å². The van der Waals surface area contributed by atoms with Gasteiger partial charge >= 0.3 is 0 Å². The van der Waals surface area contributed by atoms with Crippen molar-refractivity contribution < 1.29 is 14.7 Å². The van der Waals surface area contributed by atoms with E-state index in [0.717, 1.165) is 11.3 Å².